The van der Waals surface area contributed by atoms with Crippen LogP contribution in [0.2, 0.25) is 0 Å². The minimum absolute atomic E-state index is 0.0654. The zero-order chi connectivity index (χ0) is 25.6. The van der Waals surface area contributed by atoms with E-state index in [4.69, 9.17) is 14.2 Å². The van der Waals surface area contributed by atoms with E-state index >= 15 is 0 Å². The van der Waals surface area contributed by atoms with Gasteiger partial charge in [0.05, 0.1) is 31.6 Å². The first-order chi connectivity index (χ1) is 16.7. The molecule has 1 saturated heterocycles. The summed E-state index contributed by atoms with van der Waals surface area (Å²) in [6.45, 7) is 7.32. The monoisotopic (exact) mass is 501 g/mol. The van der Waals surface area contributed by atoms with Gasteiger partial charge in [-0.15, -0.1) is 0 Å². The zero-order valence-electron chi connectivity index (χ0n) is 20.5. The minimum Gasteiger partial charge on any atom is -0.495 e. The van der Waals surface area contributed by atoms with Gasteiger partial charge in [-0.2, -0.15) is 9.57 Å². The molecule has 0 radical (unpaired) electrons. The molecule has 0 unspecified atom stereocenters. The topological polar surface area (TPSA) is 118 Å². The Labute approximate surface area is 206 Å². The van der Waals surface area contributed by atoms with Crippen LogP contribution in [0.1, 0.15) is 49.5 Å². The highest BCUT2D eigenvalue weighted by Crippen LogP contribution is 2.35. The molecular formula is C25H31N3O6S. The van der Waals surface area contributed by atoms with Crippen LogP contribution in [0.4, 0.5) is 5.69 Å². The summed E-state index contributed by atoms with van der Waals surface area (Å²) in [6.07, 6.45) is 1.55. The van der Waals surface area contributed by atoms with E-state index in [0.29, 0.717) is 43.7 Å². The highest BCUT2D eigenvalue weighted by atomic mass is 32.2. The molecule has 0 bridgehead atoms. The molecular weight excluding hydrogens is 470 g/mol. The molecule has 0 atom stereocenters. The normalized spacial score (nSPS) is 14.7. The number of carbonyl (C=O) groups is 1. The third kappa shape index (κ3) is 5.86. The zero-order valence-corrected chi connectivity index (χ0v) is 21.3. The van der Waals surface area contributed by atoms with E-state index in [2.05, 4.69) is 12.2 Å². The first-order valence-corrected chi connectivity index (χ1v) is 13.0. The number of hydrogen-bond donors (Lipinski definition) is 1. The molecule has 1 fully saturated rings. The van der Waals surface area contributed by atoms with Crippen molar-refractivity contribution in [3.63, 3.8) is 0 Å². The molecule has 10 heteroatoms. The van der Waals surface area contributed by atoms with Crippen LogP contribution >= 0.6 is 0 Å². The molecule has 0 aliphatic carbocycles. The largest absolute Gasteiger partial charge is 0.495 e. The number of benzene rings is 2. The molecule has 9 nitrogen and oxygen atoms in total. The molecule has 0 spiro atoms. The fourth-order valence-corrected chi connectivity index (χ4v) is 5.52. The van der Waals surface area contributed by atoms with Crippen LogP contribution in [0.25, 0.3) is 0 Å². The third-order valence-electron chi connectivity index (χ3n) is 5.84. The molecule has 1 heterocycles. The van der Waals surface area contributed by atoms with Gasteiger partial charge in [-0.05, 0) is 50.8 Å². The maximum atomic E-state index is 13.4. The number of hydrogen-bond acceptors (Lipinski definition) is 7. The van der Waals surface area contributed by atoms with Crippen LogP contribution in [0, 0.1) is 17.2 Å². The lowest BCUT2D eigenvalue weighted by Gasteiger charge is -2.29. The number of carbonyl (C=O) groups excluding carboxylic acids is 1. The molecule has 0 aromatic heterocycles. The van der Waals surface area contributed by atoms with E-state index in [9.17, 15) is 18.5 Å². The Morgan fingerprint density at radius 3 is 2.29 bits per heavy atom. The van der Waals surface area contributed by atoms with E-state index in [0.717, 1.165) is 12.8 Å². The number of piperidine rings is 1. The maximum Gasteiger partial charge on any atom is 0.255 e. The van der Waals surface area contributed by atoms with Gasteiger partial charge in [0.1, 0.15) is 16.7 Å². The van der Waals surface area contributed by atoms with Crippen LogP contribution in [0.3, 0.4) is 0 Å². The number of nitriles is 1. The van der Waals surface area contributed by atoms with Crippen molar-refractivity contribution in [3.8, 4) is 23.3 Å². The van der Waals surface area contributed by atoms with Crippen LogP contribution in [-0.2, 0) is 10.0 Å². The molecule has 1 amide bonds. The first-order valence-electron chi connectivity index (χ1n) is 11.6. The summed E-state index contributed by atoms with van der Waals surface area (Å²) < 4.78 is 44.6. The third-order valence-corrected chi connectivity index (χ3v) is 7.76. The number of sulfonamides is 1. The predicted molar refractivity (Wildman–Crippen MR) is 132 cm³/mol. The highest BCUT2D eigenvalue weighted by molar-refractivity contribution is 7.89. The van der Waals surface area contributed by atoms with Crippen molar-refractivity contribution in [2.45, 2.75) is 38.5 Å². The van der Waals surface area contributed by atoms with Crippen LogP contribution < -0.4 is 19.5 Å². The summed E-state index contributed by atoms with van der Waals surface area (Å²) in [5.41, 5.74) is 0.536. The van der Waals surface area contributed by atoms with Gasteiger partial charge in [0.2, 0.25) is 10.0 Å². The van der Waals surface area contributed by atoms with E-state index in [1.165, 1.54) is 41.7 Å². The van der Waals surface area contributed by atoms with Crippen molar-refractivity contribution >= 4 is 21.6 Å². The van der Waals surface area contributed by atoms with Gasteiger partial charge >= 0.3 is 0 Å². The summed E-state index contributed by atoms with van der Waals surface area (Å²) in [5.74, 6) is 0.848. The number of amides is 1. The van der Waals surface area contributed by atoms with Crippen molar-refractivity contribution in [1.29, 1.82) is 5.26 Å². The molecule has 0 saturated carbocycles. The van der Waals surface area contributed by atoms with Gasteiger partial charge in [0.25, 0.3) is 5.91 Å². The Hall–Kier alpha value is -3.29. The number of rotatable bonds is 9. The molecule has 1 aliphatic heterocycles. The Kier molecular flexibility index (Phi) is 8.59. The van der Waals surface area contributed by atoms with Gasteiger partial charge in [0, 0.05) is 30.8 Å². The van der Waals surface area contributed by atoms with Crippen LogP contribution in [0.5, 0.6) is 17.2 Å². The predicted octanol–water partition coefficient (Wildman–Crippen LogP) is 4.04. The smallest absolute Gasteiger partial charge is 0.255 e. The molecule has 1 N–H and O–H groups in total. The lowest BCUT2D eigenvalue weighted by molar-refractivity contribution is 0.102. The van der Waals surface area contributed by atoms with Gasteiger partial charge in [-0.3, -0.25) is 4.79 Å². The van der Waals surface area contributed by atoms with Gasteiger partial charge in [-0.1, -0.05) is 6.92 Å². The lowest BCUT2D eigenvalue weighted by atomic mass is 10.0. The standard InChI is InChI=1S/C25H31N3O6S/c1-5-33-22-13-19(16-26)20(15-23(22)34-6-2)27-25(29)18-7-8-21(32-4)24(14-18)35(30,31)28-11-9-17(3)10-12-28/h7-8,13-15,17H,5-6,9-12H2,1-4H3,(H,27,29). The quantitative estimate of drug-likeness (QED) is 0.551. The first kappa shape index (κ1) is 26.3. The maximum absolute atomic E-state index is 13.4. The minimum atomic E-state index is -3.86. The van der Waals surface area contributed by atoms with Crippen molar-refractivity contribution < 1.29 is 27.4 Å². The van der Waals surface area contributed by atoms with Crippen molar-refractivity contribution in [2.24, 2.45) is 5.92 Å². The summed E-state index contributed by atoms with van der Waals surface area (Å²) in [6, 6.07) is 9.34. The molecule has 35 heavy (non-hydrogen) atoms. The molecule has 2 aromatic carbocycles. The van der Waals surface area contributed by atoms with Gasteiger partial charge < -0.3 is 19.5 Å². The van der Waals surface area contributed by atoms with Crippen molar-refractivity contribution in [2.75, 3.05) is 38.7 Å². The summed E-state index contributed by atoms with van der Waals surface area (Å²) >= 11 is 0. The molecule has 188 valence electrons. The summed E-state index contributed by atoms with van der Waals surface area (Å²) in [4.78, 5) is 13.1. The Bertz CT molecular complexity index is 1210. The van der Waals surface area contributed by atoms with Gasteiger partial charge in [0.15, 0.2) is 11.5 Å². The number of methoxy groups -OCH3 is 1. The SMILES string of the molecule is CCOc1cc(C#N)c(NC(=O)c2ccc(OC)c(S(=O)(=O)N3CCC(C)CC3)c2)cc1OCC. The molecule has 3 rings (SSSR count). The highest BCUT2D eigenvalue weighted by Gasteiger charge is 2.31. The Balaban J connectivity index is 1.95. The fourth-order valence-electron chi connectivity index (χ4n) is 3.87. The fraction of sp³-hybridized carbons (Fsp3) is 0.440. The Morgan fingerprint density at radius 1 is 1.09 bits per heavy atom. The number of nitrogens with one attached hydrogen (secondary N) is 1. The van der Waals surface area contributed by atoms with Crippen LogP contribution in [0.15, 0.2) is 35.2 Å². The van der Waals surface area contributed by atoms with Crippen LogP contribution in [-0.4, -0.2) is 52.0 Å². The second kappa shape index (κ2) is 11.4. The second-order valence-corrected chi connectivity index (χ2v) is 10.1. The summed E-state index contributed by atoms with van der Waals surface area (Å²) in [7, 11) is -2.47. The average molecular weight is 502 g/mol. The van der Waals surface area contributed by atoms with E-state index in [-0.39, 0.29) is 27.5 Å². The van der Waals surface area contributed by atoms with E-state index < -0.39 is 15.9 Å². The summed E-state index contributed by atoms with van der Waals surface area (Å²) in [5, 5.41) is 12.3. The number of anilines is 1. The van der Waals surface area contributed by atoms with Crippen molar-refractivity contribution in [1.82, 2.24) is 4.31 Å². The molecule has 2 aromatic rings. The number of nitrogens with zero attached hydrogens (tertiary/aromatic N) is 2. The average Bonchev–Trinajstić information content (AvgIpc) is 2.85. The van der Waals surface area contributed by atoms with Crippen molar-refractivity contribution in [3.05, 3.63) is 41.5 Å². The Morgan fingerprint density at radius 2 is 1.71 bits per heavy atom. The second-order valence-electron chi connectivity index (χ2n) is 8.23. The van der Waals surface area contributed by atoms with Gasteiger partial charge in [-0.25, -0.2) is 8.42 Å². The van der Waals surface area contributed by atoms with E-state index in [1.54, 1.807) is 0 Å². The number of ether oxygens (including phenoxy) is 3. The molecule has 1 aliphatic rings. The van der Waals surface area contributed by atoms with E-state index in [1.807, 2.05) is 19.9 Å². The lowest BCUT2D eigenvalue weighted by Crippen LogP contribution is -2.38.